The van der Waals surface area contributed by atoms with Crippen LogP contribution in [0.5, 0.6) is 0 Å². The molecule has 1 nitrogen and oxygen atoms in total. The van der Waals surface area contributed by atoms with E-state index in [2.05, 4.69) is 59.1 Å². The minimum Gasteiger partial charge on any atom is -0.310 e. The molecule has 2 heteroatoms. The SMILES string of the molecule is C[C@H](NCc1ccc(I)cc1)C1CCCCCC1. The van der Waals surface area contributed by atoms with Crippen LogP contribution in [-0.4, -0.2) is 6.04 Å². The van der Waals surface area contributed by atoms with Crippen molar-refractivity contribution in [2.75, 3.05) is 0 Å². The van der Waals surface area contributed by atoms with Crippen LogP contribution in [0.4, 0.5) is 0 Å². The van der Waals surface area contributed by atoms with Crippen molar-refractivity contribution >= 4 is 22.6 Å². The molecule has 0 unspecified atom stereocenters. The van der Waals surface area contributed by atoms with Gasteiger partial charge in [0, 0.05) is 16.2 Å². The minimum atomic E-state index is 0.655. The molecule has 1 saturated carbocycles. The van der Waals surface area contributed by atoms with Gasteiger partial charge in [-0.1, -0.05) is 37.8 Å². The lowest BCUT2D eigenvalue weighted by atomic mass is 9.93. The summed E-state index contributed by atoms with van der Waals surface area (Å²) in [5.74, 6) is 0.886. The van der Waals surface area contributed by atoms with Gasteiger partial charge in [-0.05, 0) is 66.0 Å². The summed E-state index contributed by atoms with van der Waals surface area (Å²) < 4.78 is 1.31. The molecule has 100 valence electrons. The number of hydrogen-bond acceptors (Lipinski definition) is 1. The van der Waals surface area contributed by atoms with E-state index in [-0.39, 0.29) is 0 Å². The van der Waals surface area contributed by atoms with E-state index in [0.717, 1.165) is 12.5 Å². The number of halogens is 1. The van der Waals surface area contributed by atoms with Crippen LogP contribution in [0.25, 0.3) is 0 Å². The van der Waals surface area contributed by atoms with E-state index in [4.69, 9.17) is 0 Å². The number of benzene rings is 1. The second-order valence-corrected chi connectivity index (χ2v) is 6.79. The van der Waals surface area contributed by atoms with Gasteiger partial charge in [-0.15, -0.1) is 0 Å². The van der Waals surface area contributed by atoms with E-state index in [1.165, 1.54) is 47.7 Å². The fourth-order valence-corrected chi connectivity index (χ4v) is 3.22. The van der Waals surface area contributed by atoms with Crippen molar-refractivity contribution in [2.24, 2.45) is 5.92 Å². The molecule has 1 fully saturated rings. The summed E-state index contributed by atoms with van der Waals surface area (Å²) in [4.78, 5) is 0. The highest BCUT2D eigenvalue weighted by Gasteiger charge is 2.18. The summed E-state index contributed by atoms with van der Waals surface area (Å²) in [7, 11) is 0. The average Bonchev–Trinajstić information content (AvgIpc) is 2.66. The van der Waals surface area contributed by atoms with Crippen molar-refractivity contribution in [3.63, 3.8) is 0 Å². The minimum absolute atomic E-state index is 0.655. The molecule has 1 aromatic rings. The molecule has 1 aliphatic carbocycles. The Morgan fingerprint density at radius 2 is 1.72 bits per heavy atom. The molecule has 0 saturated heterocycles. The monoisotopic (exact) mass is 357 g/mol. The molecule has 0 aromatic heterocycles. The summed E-state index contributed by atoms with van der Waals surface area (Å²) >= 11 is 2.36. The molecule has 1 aliphatic rings. The zero-order chi connectivity index (χ0) is 12.8. The van der Waals surface area contributed by atoms with Crippen LogP contribution in [0.1, 0.15) is 51.0 Å². The fraction of sp³-hybridized carbons (Fsp3) is 0.625. The van der Waals surface area contributed by atoms with Crippen LogP contribution < -0.4 is 5.32 Å². The molecule has 0 heterocycles. The Kier molecular flexibility index (Phi) is 5.96. The zero-order valence-electron chi connectivity index (χ0n) is 11.3. The third kappa shape index (κ3) is 4.54. The summed E-state index contributed by atoms with van der Waals surface area (Å²) in [6.07, 6.45) is 8.59. The number of hydrogen-bond donors (Lipinski definition) is 1. The van der Waals surface area contributed by atoms with Crippen molar-refractivity contribution in [1.82, 2.24) is 5.32 Å². The van der Waals surface area contributed by atoms with Crippen molar-refractivity contribution < 1.29 is 0 Å². The van der Waals surface area contributed by atoms with E-state index in [9.17, 15) is 0 Å². The van der Waals surface area contributed by atoms with Crippen LogP contribution in [-0.2, 0) is 6.54 Å². The van der Waals surface area contributed by atoms with Gasteiger partial charge in [0.15, 0.2) is 0 Å². The Labute approximate surface area is 125 Å². The second-order valence-electron chi connectivity index (χ2n) is 5.55. The standard InChI is InChI=1S/C16H24IN/c1-13(15-6-4-2-3-5-7-15)18-12-14-8-10-16(17)11-9-14/h8-11,13,15,18H,2-7,12H2,1H3/t13-/m0/s1. The lowest BCUT2D eigenvalue weighted by molar-refractivity contribution is 0.336. The summed E-state index contributed by atoms with van der Waals surface area (Å²) in [6.45, 7) is 3.37. The van der Waals surface area contributed by atoms with Crippen LogP contribution in [0.15, 0.2) is 24.3 Å². The average molecular weight is 357 g/mol. The van der Waals surface area contributed by atoms with E-state index in [1.54, 1.807) is 0 Å². The zero-order valence-corrected chi connectivity index (χ0v) is 13.4. The molecule has 0 aliphatic heterocycles. The molecule has 1 aromatic carbocycles. The maximum absolute atomic E-state index is 3.71. The van der Waals surface area contributed by atoms with Crippen LogP contribution in [0.2, 0.25) is 0 Å². The van der Waals surface area contributed by atoms with E-state index in [1.807, 2.05) is 0 Å². The number of nitrogens with one attached hydrogen (secondary N) is 1. The Bertz CT molecular complexity index is 339. The molecule has 2 rings (SSSR count). The third-order valence-electron chi connectivity index (χ3n) is 4.15. The molecule has 0 spiro atoms. The lowest BCUT2D eigenvalue weighted by Gasteiger charge is -2.23. The Balaban J connectivity index is 1.79. The molecule has 18 heavy (non-hydrogen) atoms. The quantitative estimate of drug-likeness (QED) is 0.606. The van der Waals surface area contributed by atoms with Crippen LogP contribution >= 0.6 is 22.6 Å². The first-order valence-electron chi connectivity index (χ1n) is 7.23. The first-order valence-corrected chi connectivity index (χ1v) is 8.31. The molecular formula is C16H24IN. The van der Waals surface area contributed by atoms with Gasteiger partial charge in [0.1, 0.15) is 0 Å². The molecule has 1 atom stereocenters. The maximum Gasteiger partial charge on any atom is 0.0208 e. The molecular weight excluding hydrogens is 333 g/mol. The normalized spacial score (nSPS) is 19.4. The Morgan fingerprint density at radius 3 is 2.33 bits per heavy atom. The smallest absolute Gasteiger partial charge is 0.0208 e. The van der Waals surface area contributed by atoms with Crippen molar-refractivity contribution in [2.45, 2.75) is 58.0 Å². The van der Waals surface area contributed by atoms with Gasteiger partial charge >= 0.3 is 0 Å². The maximum atomic E-state index is 3.71. The van der Waals surface area contributed by atoms with Crippen molar-refractivity contribution in [3.05, 3.63) is 33.4 Å². The molecule has 0 amide bonds. The predicted octanol–water partition coefficient (Wildman–Crippen LogP) is 4.74. The second kappa shape index (κ2) is 7.49. The van der Waals surface area contributed by atoms with Gasteiger partial charge < -0.3 is 5.32 Å². The predicted molar refractivity (Wildman–Crippen MR) is 86.7 cm³/mol. The van der Waals surface area contributed by atoms with Gasteiger partial charge in [0.05, 0.1) is 0 Å². The topological polar surface area (TPSA) is 12.0 Å². The first kappa shape index (κ1) is 14.3. The van der Waals surface area contributed by atoms with Crippen molar-refractivity contribution in [3.8, 4) is 0 Å². The van der Waals surface area contributed by atoms with Crippen molar-refractivity contribution in [1.29, 1.82) is 0 Å². The van der Waals surface area contributed by atoms with E-state index < -0.39 is 0 Å². The molecule has 0 bridgehead atoms. The van der Waals surface area contributed by atoms with E-state index in [0.29, 0.717) is 6.04 Å². The highest BCUT2D eigenvalue weighted by Crippen LogP contribution is 2.25. The van der Waals surface area contributed by atoms with Gasteiger partial charge in [-0.3, -0.25) is 0 Å². The lowest BCUT2D eigenvalue weighted by Crippen LogP contribution is -2.32. The van der Waals surface area contributed by atoms with Gasteiger partial charge in [0.25, 0.3) is 0 Å². The number of rotatable bonds is 4. The summed E-state index contributed by atoms with van der Waals surface area (Å²) in [6, 6.07) is 9.49. The Hall–Kier alpha value is -0.0900. The van der Waals surface area contributed by atoms with Crippen LogP contribution in [0.3, 0.4) is 0 Å². The highest BCUT2D eigenvalue weighted by atomic mass is 127. The summed E-state index contributed by atoms with van der Waals surface area (Å²) in [5, 5.41) is 3.71. The first-order chi connectivity index (χ1) is 8.75. The van der Waals surface area contributed by atoms with E-state index >= 15 is 0 Å². The fourth-order valence-electron chi connectivity index (χ4n) is 2.86. The van der Waals surface area contributed by atoms with Crippen LogP contribution in [0, 0.1) is 9.49 Å². The largest absolute Gasteiger partial charge is 0.310 e. The van der Waals surface area contributed by atoms with Gasteiger partial charge in [-0.25, -0.2) is 0 Å². The molecule has 1 N–H and O–H groups in total. The van der Waals surface area contributed by atoms with Gasteiger partial charge in [0.2, 0.25) is 0 Å². The highest BCUT2D eigenvalue weighted by molar-refractivity contribution is 14.1. The Morgan fingerprint density at radius 1 is 1.11 bits per heavy atom. The molecule has 0 radical (unpaired) electrons. The van der Waals surface area contributed by atoms with Gasteiger partial charge in [-0.2, -0.15) is 0 Å². The third-order valence-corrected chi connectivity index (χ3v) is 4.87. The summed E-state index contributed by atoms with van der Waals surface area (Å²) in [5.41, 5.74) is 1.40.